The van der Waals surface area contributed by atoms with Crippen LogP contribution >= 0.6 is 11.7 Å². The number of nitrogens with one attached hydrogen (secondary N) is 1. The normalized spacial score (nSPS) is 11.4. The van der Waals surface area contributed by atoms with E-state index >= 15 is 0 Å². The van der Waals surface area contributed by atoms with Crippen molar-refractivity contribution in [2.24, 2.45) is 0 Å². The number of hydrogen-bond acceptors (Lipinski definition) is 6. The van der Waals surface area contributed by atoms with Crippen LogP contribution in [0.15, 0.2) is 71.6 Å². The second-order valence-corrected chi connectivity index (χ2v) is 9.01. The van der Waals surface area contributed by atoms with E-state index in [2.05, 4.69) is 13.5 Å². The maximum Gasteiger partial charge on any atom is 0.264 e. The van der Waals surface area contributed by atoms with Crippen LogP contribution in [-0.4, -0.2) is 35.0 Å². The molecule has 3 aromatic carbocycles. The number of fused-ring (bicyclic) bond motifs is 1. The summed E-state index contributed by atoms with van der Waals surface area (Å²) < 4.78 is 50.5. The Bertz CT molecular complexity index is 1360. The lowest BCUT2D eigenvalue weighted by Gasteiger charge is -2.20. The van der Waals surface area contributed by atoms with Gasteiger partial charge in [0.15, 0.2) is 0 Å². The quantitative estimate of drug-likeness (QED) is 0.475. The second kappa shape index (κ2) is 8.40. The Morgan fingerprint density at radius 2 is 1.84 bits per heavy atom. The Balaban J connectivity index is 1.67. The van der Waals surface area contributed by atoms with E-state index in [1.165, 1.54) is 17.0 Å². The van der Waals surface area contributed by atoms with Crippen LogP contribution in [0, 0.1) is 5.82 Å². The van der Waals surface area contributed by atoms with Gasteiger partial charge in [-0.3, -0.25) is 9.52 Å². The van der Waals surface area contributed by atoms with Gasteiger partial charge in [0.1, 0.15) is 21.7 Å². The summed E-state index contributed by atoms with van der Waals surface area (Å²) in [5, 5.41) is 0. The molecule has 1 amide bonds. The molecule has 4 aromatic rings. The van der Waals surface area contributed by atoms with E-state index in [1.54, 1.807) is 19.2 Å². The van der Waals surface area contributed by atoms with Gasteiger partial charge in [0.25, 0.3) is 15.9 Å². The van der Waals surface area contributed by atoms with Crippen LogP contribution in [0.4, 0.5) is 10.1 Å². The molecule has 0 saturated heterocycles. The SMILES string of the molecule is CN(Cc1ccccc1)C(=O)c1ccc(F)cc1NS(=O)(=O)c1cccc2nsnc12. The molecule has 4 rings (SSSR count). The van der Waals surface area contributed by atoms with Crippen molar-refractivity contribution < 1.29 is 17.6 Å². The molecule has 31 heavy (non-hydrogen) atoms. The molecule has 0 radical (unpaired) electrons. The highest BCUT2D eigenvalue weighted by Crippen LogP contribution is 2.26. The highest BCUT2D eigenvalue weighted by atomic mass is 32.2. The lowest BCUT2D eigenvalue weighted by atomic mass is 10.1. The van der Waals surface area contributed by atoms with Crippen molar-refractivity contribution in [2.75, 3.05) is 11.8 Å². The predicted octanol–water partition coefficient (Wildman–Crippen LogP) is 3.90. The van der Waals surface area contributed by atoms with Crippen LogP contribution < -0.4 is 4.72 Å². The summed E-state index contributed by atoms with van der Waals surface area (Å²) in [5.74, 6) is -1.12. The number of anilines is 1. The molecule has 158 valence electrons. The van der Waals surface area contributed by atoms with Crippen molar-refractivity contribution in [1.82, 2.24) is 13.6 Å². The summed E-state index contributed by atoms with van der Waals surface area (Å²) in [7, 11) is -2.55. The first-order valence-electron chi connectivity index (χ1n) is 9.18. The third kappa shape index (κ3) is 4.39. The molecule has 0 fully saturated rings. The average molecular weight is 457 g/mol. The van der Waals surface area contributed by atoms with E-state index in [0.717, 1.165) is 29.4 Å². The molecule has 0 atom stereocenters. The number of nitrogens with zero attached hydrogens (tertiary/aromatic N) is 3. The molecule has 0 aliphatic rings. The number of aromatic nitrogens is 2. The van der Waals surface area contributed by atoms with Crippen molar-refractivity contribution in [3.05, 3.63) is 83.7 Å². The summed E-state index contributed by atoms with van der Waals surface area (Å²) >= 11 is 0.892. The standard InChI is InChI=1S/C21H17FN4O3S2/c1-26(13-14-6-3-2-4-7-14)21(27)16-11-10-15(22)12-18(16)25-31(28,29)19-9-5-8-17-20(19)24-30-23-17/h2-12,25H,13H2,1H3. The largest absolute Gasteiger partial charge is 0.337 e. The molecule has 0 spiro atoms. The van der Waals surface area contributed by atoms with E-state index < -0.39 is 21.7 Å². The highest BCUT2D eigenvalue weighted by Gasteiger charge is 2.24. The molecule has 0 aliphatic carbocycles. The molecule has 1 aromatic heterocycles. The van der Waals surface area contributed by atoms with Crippen molar-refractivity contribution in [3.8, 4) is 0 Å². The first kappa shape index (κ1) is 20.9. The lowest BCUT2D eigenvalue weighted by molar-refractivity contribution is 0.0786. The minimum Gasteiger partial charge on any atom is -0.337 e. The van der Waals surface area contributed by atoms with E-state index in [0.29, 0.717) is 12.1 Å². The average Bonchev–Trinajstić information content (AvgIpc) is 3.22. The molecule has 10 heteroatoms. The fourth-order valence-electron chi connectivity index (χ4n) is 3.12. The van der Waals surface area contributed by atoms with Crippen LogP contribution in [0.5, 0.6) is 0 Å². The van der Waals surface area contributed by atoms with Gasteiger partial charge >= 0.3 is 0 Å². The number of carbonyl (C=O) groups excluding carboxylic acids is 1. The summed E-state index contributed by atoms with van der Waals surface area (Å²) in [4.78, 5) is 14.4. The molecule has 7 nitrogen and oxygen atoms in total. The lowest BCUT2D eigenvalue weighted by Crippen LogP contribution is -2.27. The van der Waals surface area contributed by atoms with E-state index in [1.807, 2.05) is 30.3 Å². The van der Waals surface area contributed by atoms with E-state index in [4.69, 9.17) is 0 Å². The monoisotopic (exact) mass is 456 g/mol. The third-order valence-corrected chi connectivity index (χ3v) is 6.54. The minimum atomic E-state index is -4.15. The van der Waals surface area contributed by atoms with Crippen molar-refractivity contribution >= 4 is 44.4 Å². The van der Waals surface area contributed by atoms with Crippen LogP contribution in [0.25, 0.3) is 11.0 Å². The molecule has 0 saturated carbocycles. The Hall–Kier alpha value is -3.37. The zero-order valence-electron chi connectivity index (χ0n) is 16.3. The smallest absolute Gasteiger partial charge is 0.264 e. The van der Waals surface area contributed by atoms with Gasteiger partial charge in [-0.2, -0.15) is 8.75 Å². The van der Waals surface area contributed by atoms with Gasteiger partial charge in [-0.1, -0.05) is 36.4 Å². The number of sulfonamides is 1. The molecule has 1 N–H and O–H groups in total. The van der Waals surface area contributed by atoms with Gasteiger partial charge in [-0.15, -0.1) is 0 Å². The molecular weight excluding hydrogens is 439 g/mol. The Morgan fingerprint density at radius 1 is 1.06 bits per heavy atom. The number of amides is 1. The molecule has 1 heterocycles. The van der Waals surface area contributed by atoms with Crippen molar-refractivity contribution in [3.63, 3.8) is 0 Å². The predicted molar refractivity (Wildman–Crippen MR) is 117 cm³/mol. The molecular formula is C21H17FN4O3S2. The number of carbonyl (C=O) groups is 1. The summed E-state index contributed by atoms with van der Waals surface area (Å²) in [6.07, 6.45) is 0. The summed E-state index contributed by atoms with van der Waals surface area (Å²) in [5.41, 5.74) is 1.44. The zero-order chi connectivity index (χ0) is 22.0. The number of hydrogen-bond donors (Lipinski definition) is 1. The van der Waals surface area contributed by atoms with E-state index in [-0.39, 0.29) is 21.7 Å². The summed E-state index contributed by atoms with van der Waals surface area (Å²) in [6.45, 7) is 0.313. The van der Waals surface area contributed by atoms with Gasteiger partial charge in [0, 0.05) is 13.6 Å². The Morgan fingerprint density at radius 3 is 2.61 bits per heavy atom. The number of benzene rings is 3. The topological polar surface area (TPSA) is 92.3 Å². The van der Waals surface area contributed by atoms with Crippen molar-refractivity contribution in [1.29, 1.82) is 0 Å². The maximum atomic E-state index is 14.0. The number of rotatable bonds is 6. The summed E-state index contributed by atoms with van der Waals surface area (Å²) in [6, 6.07) is 17.3. The second-order valence-electron chi connectivity index (χ2n) is 6.83. The Labute approximate surface area is 182 Å². The first-order valence-corrected chi connectivity index (χ1v) is 11.4. The minimum absolute atomic E-state index is 0.0342. The van der Waals surface area contributed by atoms with Crippen LogP contribution in [0.1, 0.15) is 15.9 Å². The van der Waals surface area contributed by atoms with Crippen LogP contribution in [0.2, 0.25) is 0 Å². The van der Waals surface area contributed by atoms with Gasteiger partial charge < -0.3 is 4.90 Å². The molecule has 0 bridgehead atoms. The highest BCUT2D eigenvalue weighted by molar-refractivity contribution is 7.93. The fourth-order valence-corrected chi connectivity index (χ4v) is 4.96. The molecule has 0 unspecified atom stereocenters. The first-order chi connectivity index (χ1) is 14.8. The molecule has 0 aliphatic heterocycles. The Kier molecular flexibility index (Phi) is 5.66. The van der Waals surface area contributed by atoms with Crippen LogP contribution in [0.3, 0.4) is 0 Å². The van der Waals surface area contributed by atoms with E-state index in [9.17, 15) is 17.6 Å². The third-order valence-electron chi connectivity index (χ3n) is 4.60. The maximum absolute atomic E-state index is 14.0. The van der Waals surface area contributed by atoms with Gasteiger partial charge in [-0.05, 0) is 35.9 Å². The van der Waals surface area contributed by atoms with Crippen molar-refractivity contribution in [2.45, 2.75) is 11.4 Å². The van der Waals surface area contributed by atoms with Gasteiger partial charge in [0.2, 0.25) is 0 Å². The van der Waals surface area contributed by atoms with Gasteiger partial charge in [0.05, 0.1) is 23.0 Å². The number of halogens is 1. The van der Waals surface area contributed by atoms with Gasteiger partial charge in [-0.25, -0.2) is 12.8 Å². The zero-order valence-corrected chi connectivity index (χ0v) is 18.0. The van der Waals surface area contributed by atoms with Crippen LogP contribution in [-0.2, 0) is 16.6 Å². The fraction of sp³-hybridized carbons (Fsp3) is 0.0952.